The third-order valence-corrected chi connectivity index (χ3v) is 2.57. The first-order chi connectivity index (χ1) is 9.11. The molecule has 2 aromatic rings. The van der Waals surface area contributed by atoms with Crippen LogP contribution in [0.3, 0.4) is 0 Å². The van der Waals surface area contributed by atoms with Crippen LogP contribution in [0.5, 0.6) is 0 Å². The van der Waals surface area contributed by atoms with Crippen molar-refractivity contribution < 1.29 is 18.3 Å². The number of methoxy groups -OCH3 is 1. The summed E-state index contributed by atoms with van der Waals surface area (Å²) in [7, 11) is 1.27. The van der Waals surface area contributed by atoms with Crippen molar-refractivity contribution in [3.05, 3.63) is 53.4 Å². The zero-order valence-corrected chi connectivity index (χ0v) is 10.2. The third kappa shape index (κ3) is 2.90. The lowest BCUT2D eigenvalue weighted by atomic mass is 10.3. The lowest BCUT2D eigenvalue weighted by molar-refractivity contribution is 0.0594. The number of nitrogens with one attached hydrogen (secondary N) is 2. The minimum atomic E-state index is -0.667. The second kappa shape index (κ2) is 5.51. The number of anilines is 1. The molecule has 0 radical (unpaired) electrons. The Morgan fingerprint density at radius 3 is 2.58 bits per heavy atom. The lowest BCUT2D eigenvalue weighted by Gasteiger charge is -2.07. The number of carbonyl (C=O) groups is 1. The van der Waals surface area contributed by atoms with E-state index in [0.717, 1.165) is 0 Å². The molecular weight excluding hydrogens is 254 g/mol. The maximum absolute atomic E-state index is 13.4. The smallest absolute Gasteiger partial charge is 0.354 e. The summed E-state index contributed by atoms with van der Waals surface area (Å²) in [6.45, 7) is 0.162. The Kier molecular flexibility index (Phi) is 3.79. The van der Waals surface area contributed by atoms with E-state index >= 15 is 0 Å². The average Bonchev–Trinajstić information content (AvgIpc) is 2.86. The molecule has 2 N–H and O–H groups in total. The summed E-state index contributed by atoms with van der Waals surface area (Å²) < 4.78 is 31.2. The van der Waals surface area contributed by atoms with Crippen molar-refractivity contribution in [3.63, 3.8) is 0 Å². The second-order valence-corrected chi connectivity index (χ2v) is 3.84. The van der Waals surface area contributed by atoms with Gasteiger partial charge in [-0.25, -0.2) is 13.6 Å². The van der Waals surface area contributed by atoms with Crippen LogP contribution in [0, 0.1) is 11.6 Å². The molecule has 0 saturated carbocycles. The van der Waals surface area contributed by atoms with Gasteiger partial charge in [-0.3, -0.25) is 0 Å². The Morgan fingerprint density at radius 1 is 1.26 bits per heavy atom. The van der Waals surface area contributed by atoms with Crippen LogP contribution >= 0.6 is 0 Å². The van der Waals surface area contributed by atoms with E-state index in [-0.39, 0.29) is 17.9 Å². The van der Waals surface area contributed by atoms with Crippen molar-refractivity contribution in [2.75, 3.05) is 12.4 Å². The van der Waals surface area contributed by atoms with Crippen molar-refractivity contribution in [2.24, 2.45) is 0 Å². The number of para-hydroxylation sites is 1. The monoisotopic (exact) mass is 266 g/mol. The Bertz CT molecular complexity index is 576. The summed E-state index contributed by atoms with van der Waals surface area (Å²) in [4.78, 5) is 14.0. The van der Waals surface area contributed by atoms with Gasteiger partial charge in [-0.15, -0.1) is 0 Å². The summed E-state index contributed by atoms with van der Waals surface area (Å²) >= 11 is 0. The average molecular weight is 266 g/mol. The molecule has 0 aliphatic carbocycles. The minimum Gasteiger partial charge on any atom is -0.464 e. The highest BCUT2D eigenvalue weighted by Crippen LogP contribution is 2.18. The van der Waals surface area contributed by atoms with Crippen molar-refractivity contribution in [2.45, 2.75) is 6.54 Å². The first kappa shape index (κ1) is 13.1. The molecule has 0 aliphatic rings. The molecule has 0 aliphatic heterocycles. The first-order valence-corrected chi connectivity index (χ1v) is 5.56. The van der Waals surface area contributed by atoms with Gasteiger partial charge in [0.25, 0.3) is 0 Å². The van der Waals surface area contributed by atoms with E-state index in [4.69, 9.17) is 0 Å². The fourth-order valence-corrected chi connectivity index (χ4v) is 1.62. The zero-order chi connectivity index (χ0) is 13.8. The number of ether oxygens (including phenoxy) is 1. The normalized spacial score (nSPS) is 10.3. The largest absolute Gasteiger partial charge is 0.464 e. The Morgan fingerprint density at radius 2 is 1.95 bits per heavy atom. The fourth-order valence-electron chi connectivity index (χ4n) is 1.62. The van der Waals surface area contributed by atoms with Gasteiger partial charge in [0.2, 0.25) is 0 Å². The first-order valence-electron chi connectivity index (χ1n) is 5.56. The van der Waals surface area contributed by atoms with Crippen LogP contribution in [0.1, 0.15) is 16.2 Å². The van der Waals surface area contributed by atoms with E-state index in [2.05, 4.69) is 15.0 Å². The van der Waals surface area contributed by atoms with E-state index in [1.54, 1.807) is 12.1 Å². The van der Waals surface area contributed by atoms with Crippen LogP contribution in [0.2, 0.25) is 0 Å². The molecule has 0 fully saturated rings. The summed E-state index contributed by atoms with van der Waals surface area (Å²) in [5, 5.41) is 2.63. The van der Waals surface area contributed by atoms with Crippen LogP contribution in [0.4, 0.5) is 14.5 Å². The number of H-pyrrole nitrogens is 1. The van der Waals surface area contributed by atoms with E-state index in [1.165, 1.54) is 25.3 Å². The third-order valence-electron chi connectivity index (χ3n) is 2.57. The van der Waals surface area contributed by atoms with Gasteiger partial charge >= 0.3 is 5.97 Å². The molecule has 100 valence electrons. The Labute approximate surface area is 108 Å². The molecule has 1 aromatic carbocycles. The van der Waals surface area contributed by atoms with Crippen LogP contribution in [0.15, 0.2) is 30.3 Å². The number of hydrogen-bond donors (Lipinski definition) is 2. The maximum atomic E-state index is 13.4. The highest BCUT2D eigenvalue weighted by molar-refractivity contribution is 5.87. The molecule has 0 bridgehead atoms. The summed E-state index contributed by atoms with van der Waals surface area (Å²) in [6, 6.07) is 6.80. The lowest BCUT2D eigenvalue weighted by Crippen LogP contribution is -2.05. The molecule has 4 nitrogen and oxygen atoms in total. The molecule has 0 saturated heterocycles. The molecule has 0 unspecified atom stereocenters. The predicted octanol–water partition coefficient (Wildman–Crippen LogP) is 2.69. The summed E-state index contributed by atoms with van der Waals surface area (Å²) in [5.41, 5.74) is 0.702. The summed E-state index contributed by atoms with van der Waals surface area (Å²) in [5.74, 6) is -1.83. The maximum Gasteiger partial charge on any atom is 0.354 e. The van der Waals surface area contributed by atoms with Gasteiger partial charge in [0.05, 0.1) is 13.7 Å². The van der Waals surface area contributed by atoms with Gasteiger partial charge in [0, 0.05) is 5.69 Å². The predicted molar refractivity (Wildman–Crippen MR) is 65.8 cm³/mol. The number of rotatable bonds is 4. The Hall–Kier alpha value is -2.37. The van der Waals surface area contributed by atoms with Gasteiger partial charge in [0.15, 0.2) is 0 Å². The molecule has 0 atom stereocenters. The quantitative estimate of drug-likeness (QED) is 0.836. The number of benzene rings is 1. The molecule has 0 spiro atoms. The van der Waals surface area contributed by atoms with E-state index in [0.29, 0.717) is 5.69 Å². The van der Waals surface area contributed by atoms with Crippen LogP contribution in [0.25, 0.3) is 0 Å². The fraction of sp³-hybridized carbons (Fsp3) is 0.154. The molecule has 19 heavy (non-hydrogen) atoms. The molecular formula is C13H12F2N2O2. The number of esters is 1. The number of aromatic amines is 1. The van der Waals surface area contributed by atoms with E-state index in [1.807, 2.05) is 0 Å². The van der Waals surface area contributed by atoms with Gasteiger partial charge < -0.3 is 15.0 Å². The number of hydrogen-bond acceptors (Lipinski definition) is 3. The standard InChI is InChI=1S/C13H12F2N2O2/c1-19-13(18)11-6-5-8(17-11)7-16-12-9(14)3-2-4-10(12)15/h2-6,16-17H,7H2,1H3. The van der Waals surface area contributed by atoms with E-state index < -0.39 is 17.6 Å². The zero-order valence-electron chi connectivity index (χ0n) is 10.2. The van der Waals surface area contributed by atoms with Crippen molar-refractivity contribution in [1.82, 2.24) is 4.98 Å². The molecule has 6 heteroatoms. The SMILES string of the molecule is COC(=O)c1ccc(CNc2c(F)cccc2F)[nH]1. The van der Waals surface area contributed by atoms with Crippen LogP contribution in [-0.4, -0.2) is 18.1 Å². The molecule has 0 amide bonds. The van der Waals surface area contributed by atoms with Gasteiger partial charge in [0.1, 0.15) is 23.0 Å². The number of aromatic nitrogens is 1. The van der Waals surface area contributed by atoms with Crippen LogP contribution in [-0.2, 0) is 11.3 Å². The highest BCUT2D eigenvalue weighted by atomic mass is 19.1. The minimum absolute atomic E-state index is 0.162. The number of carbonyl (C=O) groups excluding carboxylic acids is 1. The van der Waals surface area contributed by atoms with Crippen molar-refractivity contribution in [1.29, 1.82) is 0 Å². The topological polar surface area (TPSA) is 54.1 Å². The van der Waals surface area contributed by atoms with Crippen molar-refractivity contribution >= 4 is 11.7 Å². The van der Waals surface area contributed by atoms with Crippen LogP contribution < -0.4 is 5.32 Å². The van der Waals surface area contributed by atoms with Gasteiger partial charge in [-0.05, 0) is 24.3 Å². The second-order valence-electron chi connectivity index (χ2n) is 3.84. The number of halogens is 2. The van der Waals surface area contributed by atoms with E-state index in [9.17, 15) is 13.6 Å². The molecule has 2 rings (SSSR count). The van der Waals surface area contributed by atoms with Gasteiger partial charge in [-0.2, -0.15) is 0 Å². The molecule has 1 aromatic heterocycles. The highest BCUT2D eigenvalue weighted by Gasteiger charge is 2.10. The summed E-state index contributed by atoms with van der Waals surface area (Å²) in [6.07, 6.45) is 0. The Balaban J connectivity index is 2.07. The van der Waals surface area contributed by atoms with Crippen molar-refractivity contribution in [3.8, 4) is 0 Å². The van der Waals surface area contributed by atoms with Gasteiger partial charge in [-0.1, -0.05) is 6.07 Å². The molecule has 1 heterocycles.